The van der Waals surface area contributed by atoms with E-state index >= 15 is 0 Å². The summed E-state index contributed by atoms with van der Waals surface area (Å²) in [6, 6.07) is 0. The van der Waals surface area contributed by atoms with E-state index in [0.29, 0.717) is 0 Å². The number of hydrogen-bond donors (Lipinski definition) is 0. The molecule has 0 saturated heterocycles. The third-order valence-corrected chi connectivity index (χ3v) is 0.595. The Bertz CT molecular complexity index is 13.5. The standard InChI is InChI=1S/C2H5O.2BrH.Ti/c1-2-3;;;/h2H2,1H3;2*1H;/q-1;;;+1. The minimum absolute atomic E-state index is 0. The first-order valence-electron chi connectivity index (χ1n) is 1.20. The number of rotatable bonds is 1. The van der Waals surface area contributed by atoms with Crippen LogP contribution in [0.2, 0.25) is 0 Å². The maximum absolute atomic E-state index is 4.54. The second-order valence-corrected chi connectivity index (χ2v) is 0.884. The third kappa shape index (κ3) is 17.4. The van der Waals surface area contributed by atoms with Crippen LogP contribution in [0.5, 0.6) is 0 Å². The SMILES string of the molecule is Br.Br.CC[O][Ti]. The maximum atomic E-state index is 4.54. The van der Waals surface area contributed by atoms with E-state index in [0.717, 1.165) is 6.61 Å². The van der Waals surface area contributed by atoms with Crippen LogP contribution in [0.4, 0.5) is 0 Å². The summed E-state index contributed by atoms with van der Waals surface area (Å²) in [7, 11) is 0. The Kier molecular flexibility index (Phi) is 41.6. The minimum atomic E-state index is 0. The van der Waals surface area contributed by atoms with Crippen LogP contribution in [0, 0.1) is 0 Å². The van der Waals surface area contributed by atoms with E-state index in [4.69, 9.17) is 0 Å². The van der Waals surface area contributed by atoms with Crippen LogP contribution in [0.15, 0.2) is 0 Å². The molecular weight excluding hydrogens is 248 g/mol. The number of hydrogen-bond acceptors (Lipinski definition) is 1. The second kappa shape index (κ2) is 15.9. The van der Waals surface area contributed by atoms with Gasteiger partial charge in [0.1, 0.15) is 0 Å². The van der Waals surface area contributed by atoms with Gasteiger partial charge in [-0.2, -0.15) is 0 Å². The topological polar surface area (TPSA) is 9.23 Å². The Labute approximate surface area is 71.2 Å². The molecule has 0 fully saturated rings. The molecular formula is C2H7Br2OTi. The van der Waals surface area contributed by atoms with Gasteiger partial charge in [-0.25, -0.2) is 0 Å². The third-order valence-electron chi connectivity index (χ3n) is 0.144. The fourth-order valence-electron chi connectivity index (χ4n) is 0. The van der Waals surface area contributed by atoms with Crippen LogP contribution >= 0.6 is 34.0 Å². The van der Waals surface area contributed by atoms with Crippen LogP contribution in [-0.4, -0.2) is 6.61 Å². The summed E-state index contributed by atoms with van der Waals surface area (Å²) in [6.45, 7) is 2.78. The Morgan fingerprint density at radius 3 is 1.67 bits per heavy atom. The van der Waals surface area contributed by atoms with E-state index in [1.165, 1.54) is 0 Å². The molecule has 0 amide bonds. The van der Waals surface area contributed by atoms with Crippen molar-refractivity contribution < 1.29 is 24.1 Å². The molecule has 0 aromatic carbocycles. The molecule has 39 valence electrons. The molecule has 0 N–H and O–H groups in total. The summed E-state index contributed by atoms with van der Waals surface area (Å²) in [6.07, 6.45) is 0. The monoisotopic (exact) mass is 253 g/mol. The Balaban J connectivity index is -0.0000000450. The van der Waals surface area contributed by atoms with Crippen molar-refractivity contribution in [3.63, 3.8) is 0 Å². The molecule has 6 heavy (non-hydrogen) atoms. The summed E-state index contributed by atoms with van der Waals surface area (Å²) in [4.78, 5) is 0. The molecule has 0 bridgehead atoms. The molecule has 0 aromatic rings. The average molecular weight is 255 g/mol. The summed E-state index contributed by atoms with van der Waals surface area (Å²) in [5.74, 6) is 0. The van der Waals surface area contributed by atoms with Crippen molar-refractivity contribution in [1.29, 1.82) is 0 Å². The van der Waals surface area contributed by atoms with Gasteiger partial charge in [-0.15, -0.1) is 34.0 Å². The molecule has 0 radical (unpaired) electrons. The zero-order valence-electron chi connectivity index (χ0n) is 3.43. The van der Waals surface area contributed by atoms with Gasteiger partial charge in [-0.05, 0) is 0 Å². The fourth-order valence-corrected chi connectivity index (χ4v) is 0. The normalized spacial score (nSPS) is 4.67. The van der Waals surface area contributed by atoms with Crippen LogP contribution in [0.1, 0.15) is 6.92 Å². The zero-order valence-corrected chi connectivity index (χ0v) is 8.42. The molecule has 0 aliphatic heterocycles. The van der Waals surface area contributed by atoms with Crippen molar-refractivity contribution in [3.8, 4) is 0 Å². The summed E-state index contributed by atoms with van der Waals surface area (Å²) in [5, 5.41) is 0. The molecule has 0 rings (SSSR count). The van der Waals surface area contributed by atoms with Crippen molar-refractivity contribution in [2.45, 2.75) is 6.92 Å². The van der Waals surface area contributed by atoms with Gasteiger partial charge in [0.05, 0.1) is 0 Å². The summed E-state index contributed by atoms with van der Waals surface area (Å²) in [5.41, 5.74) is 0. The van der Waals surface area contributed by atoms with Gasteiger partial charge in [-0.3, -0.25) is 0 Å². The van der Waals surface area contributed by atoms with E-state index in [1.807, 2.05) is 6.92 Å². The predicted octanol–water partition coefficient (Wildman–Crippen LogP) is 1.64. The predicted molar refractivity (Wildman–Crippen MR) is 32.3 cm³/mol. The van der Waals surface area contributed by atoms with E-state index in [-0.39, 0.29) is 34.0 Å². The average Bonchev–Trinajstić information content (AvgIpc) is 1.37. The van der Waals surface area contributed by atoms with Crippen LogP contribution < -0.4 is 0 Å². The molecule has 0 unspecified atom stereocenters. The molecule has 0 spiro atoms. The van der Waals surface area contributed by atoms with Gasteiger partial charge >= 0.3 is 37.7 Å². The van der Waals surface area contributed by atoms with Gasteiger partial charge in [0.2, 0.25) is 0 Å². The van der Waals surface area contributed by atoms with Crippen LogP contribution in [-0.2, 0) is 24.1 Å². The van der Waals surface area contributed by atoms with Crippen molar-refractivity contribution in [2.75, 3.05) is 6.61 Å². The van der Waals surface area contributed by atoms with Crippen molar-refractivity contribution in [3.05, 3.63) is 0 Å². The van der Waals surface area contributed by atoms with E-state index in [9.17, 15) is 0 Å². The zero-order chi connectivity index (χ0) is 3.41. The van der Waals surface area contributed by atoms with E-state index in [2.05, 4.69) is 3.32 Å². The molecule has 4 heteroatoms. The van der Waals surface area contributed by atoms with E-state index in [1.54, 1.807) is 20.8 Å². The Morgan fingerprint density at radius 1 is 1.50 bits per heavy atom. The van der Waals surface area contributed by atoms with Gasteiger partial charge in [0.25, 0.3) is 0 Å². The van der Waals surface area contributed by atoms with Gasteiger partial charge < -0.3 is 0 Å². The molecule has 0 saturated carbocycles. The van der Waals surface area contributed by atoms with Crippen LogP contribution in [0.25, 0.3) is 0 Å². The van der Waals surface area contributed by atoms with Gasteiger partial charge in [0, 0.05) is 0 Å². The molecule has 0 heterocycles. The molecule has 0 atom stereocenters. The van der Waals surface area contributed by atoms with Crippen molar-refractivity contribution in [2.24, 2.45) is 0 Å². The first-order valence-corrected chi connectivity index (χ1v) is 1.84. The molecule has 1 nitrogen and oxygen atoms in total. The fraction of sp³-hybridized carbons (Fsp3) is 1.00. The Hall–Kier alpha value is 1.63. The van der Waals surface area contributed by atoms with Crippen molar-refractivity contribution >= 4 is 34.0 Å². The molecule has 0 aliphatic rings. The van der Waals surface area contributed by atoms with Crippen LogP contribution in [0.3, 0.4) is 0 Å². The summed E-state index contributed by atoms with van der Waals surface area (Å²) < 4.78 is 4.54. The second-order valence-electron chi connectivity index (χ2n) is 0.433. The summed E-state index contributed by atoms with van der Waals surface area (Å²) >= 11 is 1.68. The first-order chi connectivity index (χ1) is 1.91. The van der Waals surface area contributed by atoms with Crippen molar-refractivity contribution in [1.82, 2.24) is 0 Å². The van der Waals surface area contributed by atoms with Gasteiger partial charge in [0.15, 0.2) is 0 Å². The molecule has 0 aliphatic carbocycles. The Morgan fingerprint density at radius 2 is 1.67 bits per heavy atom. The number of halogens is 2. The van der Waals surface area contributed by atoms with Gasteiger partial charge in [-0.1, -0.05) is 0 Å². The first kappa shape index (κ1) is 15.6. The quantitative estimate of drug-likeness (QED) is 0.647. The molecule has 0 aromatic heterocycles. The van der Waals surface area contributed by atoms with E-state index < -0.39 is 0 Å².